The molecule has 0 spiro atoms. The van der Waals surface area contributed by atoms with Crippen LogP contribution in [0.25, 0.3) is 0 Å². The van der Waals surface area contributed by atoms with Gasteiger partial charge < -0.3 is 10.2 Å². The highest BCUT2D eigenvalue weighted by molar-refractivity contribution is 6.37. The first-order chi connectivity index (χ1) is 23.3. The van der Waals surface area contributed by atoms with Crippen molar-refractivity contribution in [3.63, 3.8) is 0 Å². The number of benzene rings is 2. The third-order valence-corrected chi connectivity index (χ3v) is 10.9. The van der Waals surface area contributed by atoms with Crippen LogP contribution in [-0.2, 0) is 12.8 Å². The van der Waals surface area contributed by atoms with Crippen molar-refractivity contribution >= 4 is 46.4 Å². The minimum atomic E-state index is 0.0190. The number of rotatable bonds is 28. The van der Waals surface area contributed by atoms with E-state index in [4.69, 9.17) is 46.4 Å². The van der Waals surface area contributed by atoms with E-state index >= 15 is 0 Å². The fourth-order valence-electron chi connectivity index (χ4n) is 6.24. The first-order valence-electron chi connectivity index (χ1n) is 19.6. The van der Waals surface area contributed by atoms with E-state index in [1.165, 1.54) is 154 Å². The van der Waals surface area contributed by atoms with E-state index in [9.17, 15) is 10.2 Å². The number of hydrogen-bond acceptors (Lipinski definition) is 2. The maximum Gasteiger partial charge on any atom is 0.153 e. The zero-order chi connectivity index (χ0) is 35.2. The van der Waals surface area contributed by atoms with Crippen molar-refractivity contribution in [3.05, 3.63) is 55.5 Å². The molecule has 0 unspecified atom stereocenters. The zero-order valence-corrected chi connectivity index (χ0v) is 33.5. The maximum absolute atomic E-state index is 9.73. The van der Waals surface area contributed by atoms with E-state index in [2.05, 4.69) is 13.8 Å². The summed E-state index contributed by atoms with van der Waals surface area (Å²) in [5.41, 5.74) is 1.89. The highest BCUT2D eigenvalue weighted by Crippen LogP contribution is 2.35. The largest absolute Gasteiger partial charge is 0.506 e. The maximum atomic E-state index is 9.73. The molecule has 0 aliphatic heterocycles. The summed E-state index contributed by atoms with van der Waals surface area (Å²) >= 11 is 24.2. The van der Waals surface area contributed by atoms with Crippen LogP contribution < -0.4 is 0 Å². The van der Waals surface area contributed by atoms with Gasteiger partial charge in [-0.15, -0.1) is 0 Å². The summed E-state index contributed by atoms with van der Waals surface area (Å²) in [6.45, 7) is 4.54. The normalized spacial score (nSPS) is 11.1. The van der Waals surface area contributed by atoms with Crippen LogP contribution in [-0.4, -0.2) is 10.2 Å². The van der Waals surface area contributed by atoms with E-state index in [1.807, 2.05) is 6.07 Å². The second-order valence-corrected chi connectivity index (χ2v) is 15.3. The third kappa shape index (κ3) is 22.1. The molecule has 48 heavy (non-hydrogen) atoms. The SMILES string of the molecule is CCCCCCCCCCCCCCCc1c(Cl)ccc(O)c1Cl.CCCCCCCCCCCCCCCc1ccc(Cl)c(O)c1Cl. The Kier molecular flexibility index (Phi) is 29.2. The predicted octanol–water partition coefficient (Wildman–Crippen LogP) is 16.7. The van der Waals surface area contributed by atoms with Gasteiger partial charge in [0.1, 0.15) is 5.75 Å². The van der Waals surface area contributed by atoms with Crippen molar-refractivity contribution < 1.29 is 10.2 Å². The number of unbranched alkanes of at least 4 members (excludes halogenated alkanes) is 24. The Morgan fingerprint density at radius 3 is 1.17 bits per heavy atom. The summed E-state index contributed by atoms with van der Waals surface area (Å²) in [6, 6.07) is 6.92. The van der Waals surface area contributed by atoms with Crippen molar-refractivity contribution in [1.82, 2.24) is 0 Å². The number of halogens is 4. The second-order valence-electron chi connectivity index (χ2n) is 13.7. The number of aromatic hydroxyl groups is 2. The average molecular weight is 747 g/mol. The van der Waals surface area contributed by atoms with E-state index in [0.29, 0.717) is 20.1 Å². The summed E-state index contributed by atoms with van der Waals surface area (Å²) < 4.78 is 0. The highest BCUT2D eigenvalue weighted by Gasteiger charge is 2.10. The van der Waals surface area contributed by atoms with Gasteiger partial charge >= 0.3 is 0 Å². The summed E-state index contributed by atoms with van der Waals surface area (Å²) in [5.74, 6) is 0.149. The van der Waals surface area contributed by atoms with Crippen LogP contribution in [0.4, 0.5) is 0 Å². The number of hydrogen-bond donors (Lipinski definition) is 2. The van der Waals surface area contributed by atoms with Gasteiger partial charge in [0.05, 0.1) is 15.1 Å². The molecule has 0 atom stereocenters. The fourth-order valence-corrected chi connectivity index (χ4v) is 7.27. The Morgan fingerprint density at radius 1 is 0.396 bits per heavy atom. The molecular formula is C42H68Cl4O2. The third-order valence-electron chi connectivity index (χ3n) is 9.39. The minimum Gasteiger partial charge on any atom is -0.506 e. The Labute approximate surface area is 315 Å². The van der Waals surface area contributed by atoms with Crippen LogP contribution in [0.15, 0.2) is 24.3 Å². The van der Waals surface area contributed by atoms with E-state index in [-0.39, 0.29) is 11.5 Å². The van der Waals surface area contributed by atoms with E-state index < -0.39 is 0 Å². The molecule has 0 amide bonds. The molecule has 0 saturated carbocycles. The zero-order valence-electron chi connectivity index (χ0n) is 30.5. The molecule has 2 nitrogen and oxygen atoms in total. The number of aryl methyl sites for hydroxylation is 1. The van der Waals surface area contributed by atoms with Crippen LogP contribution in [0.1, 0.15) is 192 Å². The van der Waals surface area contributed by atoms with Crippen molar-refractivity contribution in [3.8, 4) is 11.5 Å². The van der Waals surface area contributed by atoms with Gasteiger partial charge in [0.25, 0.3) is 0 Å². The van der Waals surface area contributed by atoms with Crippen molar-refractivity contribution in [2.24, 2.45) is 0 Å². The van der Waals surface area contributed by atoms with Crippen molar-refractivity contribution in [2.45, 2.75) is 194 Å². The molecule has 2 N–H and O–H groups in total. The molecule has 0 saturated heterocycles. The topological polar surface area (TPSA) is 40.5 Å². The standard InChI is InChI=1S/2C21H34Cl2O/c1-2-3-4-5-6-7-8-9-10-11-12-13-14-15-18-19(22)16-17-20(24)21(18)23;1-2-3-4-5-6-7-8-9-10-11-12-13-14-15-18-16-17-19(22)21(24)20(18)23/h2*16-17,24H,2-15H2,1H3. The molecule has 0 radical (unpaired) electrons. The first kappa shape index (κ1) is 45.2. The summed E-state index contributed by atoms with van der Waals surface area (Å²) in [5, 5.41) is 21.2. The molecule has 2 rings (SSSR count). The van der Waals surface area contributed by atoms with Gasteiger partial charge in [-0.2, -0.15) is 0 Å². The molecule has 0 aromatic heterocycles. The fraction of sp³-hybridized carbons (Fsp3) is 0.714. The first-order valence-corrected chi connectivity index (χ1v) is 21.2. The van der Waals surface area contributed by atoms with Crippen LogP contribution in [0.2, 0.25) is 20.1 Å². The Bertz CT molecular complexity index is 1060. The molecule has 2 aromatic rings. The predicted molar refractivity (Wildman–Crippen MR) is 215 cm³/mol. The quantitative estimate of drug-likeness (QED) is 0.0852. The molecular weight excluding hydrogens is 678 g/mol. The lowest BCUT2D eigenvalue weighted by molar-refractivity contribution is 0.474. The number of phenolic OH excluding ortho intramolecular Hbond substituents is 2. The van der Waals surface area contributed by atoms with Gasteiger partial charge in [-0.25, -0.2) is 0 Å². The molecule has 0 fully saturated rings. The van der Waals surface area contributed by atoms with Crippen molar-refractivity contribution in [1.29, 1.82) is 0 Å². The highest BCUT2D eigenvalue weighted by atomic mass is 35.5. The lowest BCUT2D eigenvalue weighted by atomic mass is 10.0. The van der Waals surface area contributed by atoms with Crippen LogP contribution >= 0.6 is 46.4 Å². The van der Waals surface area contributed by atoms with E-state index in [1.54, 1.807) is 18.2 Å². The minimum absolute atomic E-state index is 0.0190. The Balaban J connectivity index is 0.000000480. The Morgan fingerprint density at radius 2 is 0.750 bits per heavy atom. The van der Waals surface area contributed by atoms with Gasteiger partial charge in [-0.05, 0) is 55.0 Å². The smallest absolute Gasteiger partial charge is 0.153 e. The van der Waals surface area contributed by atoms with Gasteiger partial charge in [0.2, 0.25) is 0 Å². The molecule has 276 valence electrons. The van der Waals surface area contributed by atoms with Crippen molar-refractivity contribution in [2.75, 3.05) is 0 Å². The monoisotopic (exact) mass is 744 g/mol. The second kappa shape index (κ2) is 31.0. The Hall–Kier alpha value is -0.800. The molecule has 2 aromatic carbocycles. The average Bonchev–Trinajstić information content (AvgIpc) is 3.08. The number of phenols is 2. The van der Waals surface area contributed by atoms with Gasteiger partial charge in [0.15, 0.2) is 5.75 Å². The van der Waals surface area contributed by atoms with Crippen LogP contribution in [0, 0.1) is 0 Å². The lowest BCUT2D eigenvalue weighted by Crippen LogP contribution is -1.90. The molecule has 0 aliphatic rings. The van der Waals surface area contributed by atoms with Gasteiger partial charge in [0, 0.05) is 5.02 Å². The van der Waals surface area contributed by atoms with Crippen LogP contribution in [0.5, 0.6) is 11.5 Å². The van der Waals surface area contributed by atoms with E-state index in [0.717, 1.165) is 36.8 Å². The van der Waals surface area contributed by atoms with Gasteiger partial charge in [-0.3, -0.25) is 0 Å². The molecule has 0 aliphatic carbocycles. The molecule has 0 heterocycles. The summed E-state index contributed by atoms with van der Waals surface area (Å²) in [4.78, 5) is 0. The molecule has 0 bridgehead atoms. The summed E-state index contributed by atoms with van der Waals surface area (Å²) in [6.07, 6.45) is 36.9. The van der Waals surface area contributed by atoms with Crippen LogP contribution in [0.3, 0.4) is 0 Å². The lowest BCUT2D eigenvalue weighted by Gasteiger charge is -2.08. The molecule has 6 heteroatoms. The van der Waals surface area contributed by atoms with Gasteiger partial charge in [-0.1, -0.05) is 220 Å². The summed E-state index contributed by atoms with van der Waals surface area (Å²) in [7, 11) is 0.